The number of carboxylic acid groups (broad SMARTS) is 1. The van der Waals surface area contributed by atoms with E-state index in [1.165, 1.54) is 6.20 Å². The zero-order valence-corrected chi connectivity index (χ0v) is 9.91. The lowest BCUT2D eigenvalue weighted by Crippen LogP contribution is -1.95. The third-order valence-electron chi connectivity index (χ3n) is 1.91. The number of carboxylic acids is 1. The quantitative estimate of drug-likeness (QED) is 0.827. The zero-order chi connectivity index (χ0) is 11.3. The van der Waals surface area contributed by atoms with Gasteiger partial charge >= 0.3 is 5.97 Å². The van der Waals surface area contributed by atoms with Crippen LogP contribution in [0.15, 0.2) is 34.9 Å². The molecule has 0 unspecified atom stereocenters. The fourth-order valence-electron chi connectivity index (χ4n) is 1.20. The molecule has 0 aromatic heterocycles. The van der Waals surface area contributed by atoms with Gasteiger partial charge in [-0.1, -0.05) is 22.9 Å². The van der Waals surface area contributed by atoms with E-state index < -0.39 is 5.97 Å². The highest BCUT2D eigenvalue weighted by Crippen LogP contribution is 2.21. The molecule has 0 aliphatic rings. The summed E-state index contributed by atoms with van der Waals surface area (Å²) in [6, 6.07) is 5.84. The standard InChI is InChI=1S/C11H12BrNO2/c1-2-8-7-9(12)3-4-10(8)13-6-5-11(14)15/h3-7,13H,2H2,1H3,(H,14,15)/b6-5+. The van der Waals surface area contributed by atoms with Crippen molar-refractivity contribution in [2.45, 2.75) is 13.3 Å². The van der Waals surface area contributed by atoms with Crippen LogP contribution in [0.4, 0.5) is 5.69 Å². The Morgan fingerprint density at radius 2 is 2.33 bits per heavy atom. The maximum atomic E-state index is 10.3. The second-order valence-corrected chi connectivity index (χ2v) is 3.89. The van der Waals surface area contributed by atoms with Crippen molar-refractivity contribution in [1.29, 1.82) is 0 Å². The average molecular weight is 270 g/mol. The van der Waals surface area contributed by atoms with Gasteiger partial charge in [0.25, 0.3) is 0 Å². The number of nitrogens with one attached hydrogen (secondary N) is 1. The Balaban J connectivity index is 2.80. The molecule has 0 aliphatic carbocycles. The Labute approximate surface area is 96.9 Å². The van der Waals surface area contributed by atoms with Gasteiger partial charge in [-0.2, -0.15) is 0 Å². The van der Waals surface area contributed by atoms with Gasteiger partial charge < -0.3 is 10.4 Å². The smallest absolute Gasteiger partial charge is 0.329 e. The van der Waals surface area contributed by atoms with Crippen LogP contribution in [0.25, 0.3) is 0 Å². The minimum Gasteiger partial charge on any atom is -0.478 e. The van der Waals surface area contributed by atoms with Crippen molar-refractivity contribution in [3.63, 3.8) is 0 Å². The van der Waals surface area contributed by atoms with Crippen molar-refractivity contribution < 1.29 is 9.90 Å². The summed E-state index contributed by atoms with van der Waals surface area (Å²) in [6.07, 6.45) is 3.38. The number of aliphatic carboxylic acids is 1. The molecule has 0 fully saturated rings. The molecule has 0 bridgehead atoms. The van der Waals surface area contributed by atoms with Gasteiger partial charge in [0.2, 0.25) is 0 Å². The largest absolute Gasteiger partial charge is 0.478 e. The van der Waals surface area contributed by atoms with Crippen LogP contribution in [0.3, 0.4) is 0 Å². The predicted octanol–water partition coefficient (Wildman–Crippen LogP) is 3.02. The lowest BCUT2D eigenvalue weighted by molar-refractivity contribution is -0.131. The lowest BCUT2D eigenvalue weighted by Gasteiger charge is -2.07. The molecule has 4 heteroatoms. The summed E-state index contributed by atoms with van der Waals surface area (Å²) in [7, 11) is 0. The van der Waals surface area contributed by atoms with E-state index in [1.54, 1.807) is 0 Å². The van der Waals surface area contributed by atoms with Gasteiger partial charge in [0, 0.05) is 22.4 Å². The van der Waals surface area contributed by atoms with Crippen LogP contribution in [0.1, 0.15) is 12.5 Å². The molecule has 0 aliphatic heterocycles. The van der Waals surface area contributed by atoms with E-state index >= 15 is 0 Å². The molecule has 15 heavy (non-hydrogen) atoms. The third-order valence-corrected chi connectivity index (χ3v) is 2.41. The lowest BCUT2D eigenvalue weighted by atomic mass is 10.1. The molecule has 0 heterocycles. The van der Waals surface area contributed by atoms with Gasteiger partial charge in [0.15, 0.2) is 0 Å². The molecule has 2 N–H and O–H groups in total. The van der Waals surface area contributed by atoms with E-state index in [1.807, 2.05) is 25.1 Å². The number of benzene rings is 1. The van der Waals surface area contributed by atoms with Crippen molar-refractivity contribution in [1.82, 2.24) is 0 Å². The Kier molecular flexibility index (Phi) is 4.37. The molecule has 0 amide bonds. The molecule has 1 aromatic rings. The van der Waals surface area contributed by atoms with Crippen molar-refractivity contribution in [2.75, 3.05) is 5.32 Å². The Hall–Kier alpha value is -1.29. The topological polar surface area (TPSA) is 49.3 Å². The monoisotopic (exact) mass is 269 g/mol. The van der Waals surface area contributed by atoms with Crippen LogP contribution in [0.5, 0.6) is 0 Å². The fourth-order valence-corrected chi connectivity index (χ4v) is 1.61. The molecule has 0 atom stereocenters. The van der Waals surface area contributed by atoms with Gasteiger partial charge in [-0.15, -0.1) is 0 Å². The molecule has 1 rings (SSSR count). The molecule has 80 valence electrons. The van der Waals surface area contributed by atoms with Crippen molar-refractivity contribution in [2.24, 2.45) is 0 Å². The summed E-state index contributed by atoms with van der Waals surface area (Å²) >= 11 is 3.39. The van der Waals surface area contributed by atoms with E-state index in [2.05, 4.69) is 21.2 Å². The van der Waals surface area contributed by atoms with E-state index in [-0.39, 0.29) is 0 Å². The van der Waals surface area contributed by atoms with Crippen LogP contribution in [-0.2, 0) is 11.2 Å². The van der Waals surface area contributed by atoms with Gasteiger partial charge in [0.1, 0.15) is 0 Å². The SMILES string of the molecule is CCc1cc(Br)ccc1N/C=C/C(=O)O. The van der Waals surface area contributed by atoms with Gasteiger partial charge in [-0.05, 0) is 30.2 Å². The van der Waals surface area contributed by atoms with Crippen molar-refractivity contribution >= 4 is 27.6 Å². The third kappa shape index (κ3) is 3.75. The highest BCUT2D eigenvalue weighted by atomic mass is 79.9. The van der Waals surface area contributed by atoms with Gasteiger partial charge in [0.05, 0.1) is 0 Å². The maximum absolute atomic E-state index is 10.3. The van der Waals surface area contributed by atoms with Gasteiger partial charge in [-0.3, -0.25) is 0 Å². The highest BCUT2D eigenvalue weighted by molar-refractivity contribution is 9.10. The second-order valence-electron chi connectivity index (χ2n) is 2.97. The first-order valence-corrected chi connectivity index (χ1v) is 5.37. The van der Waals surface area contributed by atoms with E-state index in [0.717, 1.165) is 28.2 Å². The Morgan fingerprint density at radius 3 is 2.93 bits per heavy atom. The van der Waals surface area contributed by atoms with Crippen LogP contribution in [0.2, 0.25) is 0 Å². The number of rotatable bonds is 4. The van der Waals surface area contributed by atoms with Crippen LogP contribution in [-0.4, -0.2) is 11.1 Å². The minimum absolute atomic E-state index is 0.892. The van der Waals surface area contributed by atoms with E-state index in [0.29, 0.717) is 0 Å². The summed E-state index contributed by atoms with van der Waals surface area (Å²) < 4.78 is 1.02. The average Bonchev–Trinajstić information content (AvgIpc) is 2.19. The second kappa shape index (κ2) is 5.56. The molecule has 0 radical (unpaired) electrons. The van der Waals surface area contributed by atoms with E-state index in [9.17, 15) is 4.79 Å². The fraction of sp³-hybridized carbons (Fsp3) is 0.182. The number of carbonyl (C=O) groups is 1. The highest BCUT2D eigenvalue weighted by Gasteiger charge is 1.99. The first kappa shape index (κ1) is 11.8. The number of aryl methyl sites for hydroxylation is 1. The first-order chi connectivity index (χ1) is 7.13. The first-order valence-electron chi connectivity index (χ1n) is 4.58. The zero-order valence-electron chi connectivity index (χ0n) is 8.33. The van der Waals surface area contributed by atoms with E-state index in [4.69, 9.17) is 5.11 Å². The molecule has 3 nitrogen and oxygen atoms in total. The summed E-state index contributed by atoms with van der Waals surface area (Å²) in [5.41, 5.74) is 2.07. The van der Waals surface area contributed by atoms with Gasteiger partial charge in [-0.25, -0.2) is 4.79 Å². The number of hydrogen-bond acceptors (Lipinski definition) is 2. The minimum atomic E-state index is -0.960. The number of anilines is 1. The number of halogens is 1. The van der Waals surface area contributed by atoms with Crippen molar-refractivity contribution in [3.05, 3.63) is 40.5 Å². The Bertz CT molecular complexity index is 388. The normalized spacial score (nSPS) is 10.5. The maximum Gasteiger partial charge on any atom is 0.329 e. The predicted molar refractivity (Wildman–Crippen MR) is 63.9 cm³/mol. The Morgan fingerprint density at radius 1 is 1.60 bits per heavy atom. The molecule has 1 aromatic carbocycles. The molecule has 0 saturated carbocycles. The summed E-state index contributed by atoms with van der Waals surface area (Å²) in [5, 5.41) is 11.4. The summed E-state index contributed by atoms with van der Waals surface area (Å²) in [4.78, 5) is 10.3. The van der Waals surface area contributed by atoms with Crippen LogP contribution in [0, 0.1) is 0 Å². The summed E-state index contributed by atoms with van der Waals surface area (Å²) in [5.74, 6) is -0.960. The summed E-state index contributed by atoms with van der Waals surface area (Å²) in [6.45, 7) is 2.05. The molecule has 0 spiro atoms. The van der Waals surface area contributed by atoms with Crippen LogP contribution < -0.4 is 5.32 Å². The van der Waals surface area contributed by atoms with Crippen molar-refractivity contribution in [3.8, 4) is 0 Å². The molecular formula is C11H12BrNO2. The molecule has 0 saturated heterocycles. The molecular weight excluding hydrogens is 258 g/mol. The van der Waals surface area contributed by atoms with Crippen LogP contribution >= 0.6 is 15.9 Å². The number of hydrogen-bond donors (Lipinski definition) is 2.